The fourth-order valence-corrected chi connectivity index (χ4v) is 3.86. The third-order valence-corrected chi connectivity index (χ3v) is 5.84. The van der Waals surface area contributed by atoms with E-state index in [1.807, 2.05) is 0 Å². The molecule has 0 radical (unpaired) electrons. The fourth-order valence-electron chi connectivity index (χ4n) is 1.79. The Labute approximate surface area is 144 Å². The van der Waals surface area contributed by atoms with Crippen molar-refractivity contribution >= 4 is 38.9 Å². The van der Waals surface area contributed by atoms with Crippen LogP contribution in [0.1, 0.15) is 10.4 Å². The Bertz CT molecular complexity index is 830. The first-order chi connectivity index (χ1) is 11.3. The molecule has 0 saturated heterocycles. The molecule has 9 heteroatoms. The summed E-state index contributed by atoms with van der Waals surface area (Å²) in [5, 5.41) is 4.13. The molecule has 2 rings (SSSR count). The number of carbonyl (C=O) groups is 2. The van der Waals surface area contributed by atoms with Crippen LogP contribution < -0.4 is 10.0 Å². The van der Waals surface area contributed by atoms with Crippen molar-refractivity contribution in [1.82, 2.24) is 10.2 Å². The molecule has 1 aromatic heterocycles. The van der Waals surface area contributed by atoms with E-state index in [-0.39, 0.29) is 27.9 Å². The number of amides is 2. The van der Waals surface area contributed by atoms with Crippen LogP contribution in [-0.4, -0.2) is 45.8 Å². The highest BCUT2D eigenvalue weighted by Crippen LogP contribution is 2.22. The molecule has 1 heterocycles. The van der Waals surface area contributed by atoms with E-state index in [1.165, 1.54) is 23.1 Å². The number of sulfonamides is 1. The second-order valence-corrected chi connectivity index (χ2v) is 7.91. The van der Waals surface area contributed by atoms with Crippen LogP contribution in [-0.2, 0) is 14.8 Å². The van der Waals surface area contributed by atoms with Gasteiger partial charge < -0.3 is 10.2 Å². The Hall–Kier alpha value is -2.39. The van der Waals surface area contributed by atoms with Crippen molar-refractivity contribution in [2.45, 2.75) is 4.21 Å². The standard InChI is InChI=1S/C15H17N3O4S2/c1-18(2)13(19)10-16-15(20)11-6-3-4-7-12(11)17-24(21,22)14-8-5-9-23-14/h3-9,17H,10H2,1-2H3,(H,16,20). The van der Waals surface area contributed by atoms with Crippen molar-refractivity contribution < 1.29 is 18.0 Å². The summed E-state index contributed by atoms with van der Waals surface area (Å²) >= 11 is 1.08. The van der Waals surface area contributed by atoms with Crippen LogP contribution in [0, 0.1) is 0 Å². The Morgan fingerprint density at radius 3 is 2.46 bits per heavy atom. The van der Waals surface area contributed by atoms with Crippen molar-refractivity contribution in [2.24, 2.45) is 0 Å². The Morgan fingerprint density at radius 1 is 1.12 bits per heavy atom. The van der Waals surface area contributed by atoms with Gasteiger partial charge in [-0.15, -0.1) is 11.3 Å². The minimum absolute atomic E-state index is 0.143. The van der Waals surface area contributed by atoms with Crippen LogP contribution in [0.15, 0.2) is 46.0 Å². The molecule has 0 saturated carbocycles. The zero-order valence-electron chi connectivity index (χ0n) is 13.1. The molecule has 0 atom stereocenters. The minimum atomic E-state index is -3.76. The molecular weight excluding hydrogens is 350 g/mol. The number of nitrogens with one attached hydrogen (secondary N) is 2. The molecule has 2 amide bonds. The highest BCUT2D eigenvalue weighted by Gasteiger charge is 2.19. The molecule has 2 aromatic rings. The predicted octanol–water partition coefficient (Wildman–Crippen LogP) is 1.37. The summed E-state index contributed by atoms with van der Waals surface area (Å²) in [6, 6.07) is 9.32. The highest BCUT2D eigenvalue weighted by molar-refractivity contribution is 7.94. The number of hydrogen-bond acceptors (Lipinski definition) is 5. The molecule has 0 aliphatic heterocycles. The number of nitrogens with zero attached hydrogens (tertiary/aromatic N) is 1. The number of rotatable bonds is 6. The zero-order chi connectivity index (χ0) is 17.7. The molecule has 0 aliphatic carbocycles. The number of benzene rings is 1. The van der Waals surface area contributed by atoms with Gasteiger partial charge in [0.1, 0.15) is 4.21 Å². The van der Waals surface area contributed by atoms with E-state index < -0.39 is 15.9 Å². The molecule has 2 N–H and O–H groups in total. The summed E-state index contributed by atoms with van der Waals surface area (Å²) in [7, 11) is -0.595. The maximum atomic E-state index is 12.3. The van der Waals surface area contributed by atoms with Crippen molar-refractivity contribution in [1.29, 1.82) is 0 Å². The first-order valence-electron chi connectivity index (χ1n) is 6.95. The lowest BCUT2D eigenvalue weighted by Crippen LogP contribution is -2.36. The van der Waals surface area contributed by atoms with Gasteiger partial charge in [0.15, 0.2) is 0 Å². The van der Waals surface area contributed by atoms with E-state index in [9.17, 15) is 18.0 Å². The van der Waals surface area contributed by atoms with E-state index in [0.717, 1.165) is 11.3 Å². The maximum Gasteiger partial charge on any atom is 0.271 e. The van der Waals surface area contributed by atoms with Crippen molar-refractivity contribution in [3.63, 3.8) is 0 Å². The molecule has 128 valence electrons. The first kappa shape index (κ1) is 18.0. The third kappa shape index (κ3) is 4.33. The Kier molecular flexibility index (Phi) is 5.58. The van der Waals surface area contributed by atoms with E-state index >= 15 is 0 Å². The summed E-state index contributed by atoms with van der Waals surface area (Å²) in [4.78, 5) is 25.2. The van der Waals surface area contributed by atoms with Crippen molar-refractivity contribution in [3.8, 4) is 0 Å². The monoisotopic (exact) mass is 367 g/mol. The largest absolute Gasteiger partial charge is 0.347 e. The lowest BCUT2D eigenvalue weighted by Gasteiger charge is -2.13. The van der Waals surface area contributed by atoms with Crippen LogP contribution >= 0.6 is 11.3 Å². The summed E-state index contributed by atoms with van der Waals surface area (Å²) in [5.74, 6) is -0.797. The summed E-state index contributed by atoms with van der Waals surface area (Å²) in [6.07, 6.45) is 0. The van der Waals surface area contributed by atoms with Crippen LogP contribution in [0.2, 0.25) is 0 Å². The SMILES string of the molecule is CN(C)C(=O)CNC(=O)c1ccccc1NS(=O)(=O)c1cccs1. The topological polar surface area (TPSA) is 95.6 Å². The lowest BCUT2D eigenvalue weighted by atomic mass is 10.1. The number of anilines is 1. The van der Waals surface area contributed by atoms with Crippen molar-refractivity contribution in [2.75, 3.05) is 25.4 Å². The van der Waals surface area contributed by atoms with Gasteiger partial charge in [-0.25, -0.2) is 8.42 Å². The fraction of sp³-hybridized carbons (Fsp3) is 0.200. The van der Waals surface area contributed by atoms with Gasteiger partial charge in [0.2, 0.25) is 5.91 Å². The third-order valence-electron chi connectivity index (χ3n) is 3.07. The van der Waals surface area contributed by atoms with E-state index in [0.29, 0.717) is 0 Å². The van der Waals surface area contributed by atoms with Crippen molar-refractivity contribution in [3.05, 3.63) is 47.3 Å². The molecule has 0 fully saturated rings. The lowest BCUT2D eigenvalue weighted by molar-refractivity contribution is -0.127. The number of likely N-dealkylation sites (N-methyl/N-ethyl adjacent to an activating group) is 1. The van der Waals surface area contributed by atoms with E-state index in [2.05, 4.69) is 10.0 Å². The predicted molar refractivity (Wildman–Crippen MR) is 92.6 cm³/mol. The van der Waals surface area contributed by atoms with Gasteiger partial charge in [0, 0.05) is 14.1 Å². The molecular formula is C15H17N3O4S2. The first-order valence-corrected chi connectivity index (χ1v) is 9.31. The quantitative estimate of drug-likeness (QED) is 0.806. The van der Waals surface area contributed by atoms with Crippen LogP contribution in [0.25, 0.3) is 0 Å². The second-order valence-electron chi connectivity index (χ2n) is 5.05. The molecule has 7 nitrogen and oxygen atoms in total. The smallest absolute Gasteiger partial charge is 0.271 e. The van der Waals surface area contributed by atoms with Crippen LogP contribution in [0.3, 0.4) is 0 Å². The normalized spacial score (nSPS) is 10.9. The van der Waals surface area contributed by atoms with Gasteiger partial charge in [0.25, 0.3) is 15.9 Å². The number of carbonyl (C=O) groups excluding carboxylic acids is 2. The molecule has 0 unspecified atom stereocenters. The zero-order valence-corrected chi connectivity index (χ0v) is 14.8. The number of thiophene rings is 1. The minimum Gasteiger partial charge on any atom is -0.347 e. The summed E-state index contributed by atoms with van der Waals surface area (Å²) in [6.45, 7) is -0.169. The van der Waals surface area contributed by atoms with Crippen LogP contribution in [0.4, 0.5) is 5.69 Å². The number of para-hydroxylation sites is 1. The van der Waals surface area contributed by atoms with Gasteiger partial charge in [-0.1, -0.05) is 18.2 Å². The van der Waals surface area contributed by atoms with Gasteiger partial charge in [0.05, 0.1) is 17.8 Å². The maximum absolute atomic E-state index is 12.3. The van der Waals surface area contributed by atoms with E-state index in [4.69, 9.17) is 0 Å². The van der Waals surface area contributed by atoms with Gasteiger partial charge in [-0.05, 0) is 23.6 Å². The summed E-state index contributed by atoms with van der Waals surface area (Å²) < 4.78 is 27.2. The van der Waals surface area contributed by atoms with Crippen LogP contribution in [0.5, 0.6) is 0 Å². The molecule has 1 aromatic carbocycles. The Balaban J connectivity index is 2.18. The van der Waals surface area contributed by atoms with Gasteiger partial charge in [-0.2, -0.15) is 0 Å². The number of hydrogen-bond donors (Lipinski definition) is 2. The highest BCUT2D eigenvalue weighted by atomic mass is 32.2. The van der Waals surface area contributed by atoms with Gasteiger partial charge in [-0.3, -0.25) is 14.3 Å². The van der Waals surface area contributed by atoms with Gasteiger partial charge >= 0.3 is 0 Å². The summed E-state index contributed by atoms with van der Waals surface area (Å²) in [5.41, 5.74) is 0.296. The van der Waals surface area contributed by atoms with E-state index in [1.54, 1.807) is 37.7 Å². The average Bonchev–Trinajstić information content (AvgIpc) is 3.07. The average molecular weight is 367 g/mol. The molecule has 0 spiro atoms. The molecule has 0 aliphatic rings. The Morgan fingerprint density at radius 2 is 1.83 bits per heavy atom. The second kappa shape index (κ2) is 7.45. The molecule has 0 bridgehead atoms. The molecule has 24 heavy (non-hydrogen) atoms.